The normalized spacial score (nSPS) is 12.6. The maximum absolute atomic E-state index is 11.7. The van der Waals surface area contributed by atoms with Gasteiger partial charge in [-0.05, 0) is 18.4 Å². The molecule has 0 aliphatic rings. The Balaban J connectivity index is 3.15. The van der Waals surface area contributed by atoms with Crippen molar-refractivity contribution in [1.29, 1.82) is 0 Å². The summed E-state index contributed by atoms with van der Waals surface area (Å²) in [5.74, 6) is -0.865. The average molecular weight is 329 g/mol. The molecule has 0 saturated carbocycles. The molecule has 120 valence electrons. The summed E-state index contributed by atoms with van der Waals surface area (Å²) < 4.78 is 4.67. The molecule has 8 heteroatoms. The van der Waals surface area contributed by atoms with Crippen LogP contribution in [0, 0.1) is 16.0 Å². The van der Waals surface area contributed by atoms with Crippen LogP contribution in [0.1, 0.15) is 25.8 Å². The summed E-state index contributed by atoms with van der Waals surface area (Å²) in [7, 11) is 1.26. The van der Waals surface area contributed by atoms with Crippen LogP contribution < -0.4 is 0 Å². The van der Waals surface area contributed by atoms with Gasteiger partial charge >= 0.3 is 11.7 Å². The number of hydrogen-bond acceptors (Lipinski definition) is 6. The van der Waals surface area contributed by atoms with Crippen LogP contribution in [0.25, 0.3) is 0 Å². The molecule has 1 aromatic rings. The Morgan fingerprint density at radius 1 is 1.55 bits per heavy atom. The van der Waals surface area contributed by atoms with Crippen molar-refractivity contribution in [3.63, 3.8) is 0 Å². The SMILES string of the molecule is COC(=O)[C@H](CC(C)C)N=Cc1cc(Cl)cc([N+](=O)[O-])c1O. The lowest BCUT2D eigenvalue weighted by Gasteiger charge is -2.12. The zero-order valence-corrected chi connectivity index (χ0v) is 13.2. The number of phenolic OH excluding ortho intramolecular Hbond substituents is 1. The zero-order valence-electron chi connectivity index (χ0n) is 12.4. The van der Waals surface area contributed by atoms with E-state index in [0.717, 1.165) is 6.07 Å². The zero-order chi connectivity index (χ0) is 16.9. The summed E-state index contributed by atoms with van der Waals surface area (Å²) in [5, 5.41) is 20.8. The van der Waals surface area contributed by atoms with E-state index in [4.69, 9.17) is 11.6 Å². The van der Waals surface area contributed by atoms with Gasteiger partial charge in [-0.25, -0.2) is 4.79 Å². The summed E-state index contributed by atoms with van der Waals surface area (Å²) in [4.78, 5) is 25.8. The van der Waals surface area contributed by atoms with Gasteiger partial charge in [0.15, 0.2) is 0 Å². The first-order valence-electron chi connectivity index (χ1n) is 6.54. The molecule has 1 aromatic carbocycles. The quantitative estimate of drug-likeness (QED) is 0.374. The number of nitro benzene ring substituents is 1. The van der Waals surface area contributed by atoms with E-state index in [9.17, 15) is 20.0 Å². The summed E-state index contributed by atoms with van der Waals surface area (Å²) in [6.45, 7) is 3.85. The first-order valence-corrected chi connectivity index (χ1v) is 6.92. The highest BCUT2D eigenvalue weighted by Crippen LogP contribution is 2.32. The van der Waals surface area contributed by atoms with E-state index in [-0.39, 0.29) is 16.5 Å². The third-order valence-corrected chi connectivity index (χ3v) is 3.06. The second-order valence-corrected chi connectivity index (χ2v) is 5.50. The fourth-order valence-corrected chi connectivity index (χ4v) is 2.03. The molecule has 1 rings (SSSR count). The van der Waals surface area contributed by atoms with Crippen molar-refractivity contribution >= 4 is 29.5 Å². The van der Waals surface area contributed by atoms with E-state index in [1.807, 2.05) is 13.8 Å². The van der Waals surface area contributed by atoms with Crippen molar-refractivity contribution in [1.82, 2.24) is 0 Å². The van der Waals surface area contributed by atoms with E-state index in [0.29, 0.717) is 6.42 Å². The molecule has 0 fully saturated rings. The number of hydrogen-bond donors (Lipinski definition) is 1. The lowest BCUT2D eigenvalue weighted by Crippen LogP contribution is -2.22. The fraction of sp³-hybridized carbons (Fsp3) is 0.429. The van der Waals surface area contributed by atoms with Crippen LogP contribution in [0.5, 0.6) is 5.75 Å². The number of carbonyl (C=O) groups excluding carboxylic acids is 1. The lowest BCUT2D eigenvalue weighted by atomic mass is 10.0. The van der Waals surface area contributed by atoms with E-state index < -0.39 is 28.4 Å². The largest absolute Gasteiger partial charge is 0.502 e. The van der Waals surface area contributed by atoms with Gasteiger partial charge in [0.2, 0.25) is 5.75 Å². The van der Waals surface area contributed by atoms with Crippen molar-refractivity contribution in [3.8, 4) is 5.75 Å². The molecule has 0 amide bonds. The predicted octanol–water partition coefficient (Wildman–Crippen LogP) is 2.96. The number of benzene rings is 1. The van der Waals surface area contributed by atoms with Gasteiger partial charge in [-0.3, -0.25) is 15.1 Å². The summed E-state index contributed by atoms with van der Waals surface area (Å²) in [6.07, 6.45) is 1.64. The Labute approximate surface area is 132 Å². The van der Waals surface area contributed by atoms with Crippen molar-refractivity contribution in [3.05, 3.63) is 32.8 Å². The number of aliphatic imine (C=N–C) groups is 1. The van der Waals surface area contributed by atoms with Crippen LogP contribution in [0.15, 0.2) is 17.1 Å². The number of carbonyl (C=O) groups is 1. The smallest absolute Gasteiger partial charge is 0.330 e. The van der Waals surface area contributed by atoms with Crippen LogP contribution in [0.4, 0.5) is 5.69 Å². The Morgan fingerprint density at radius 3 is 2.68 bits per heavy atom. The predicted molar refractivity (Wildman–Crippen MR) is 82.6 cm³/mol. The second kappa shape index (κ2) is 7.74. The lowest BCUT2D eigenvalue weighted by molar-refractivity contribution is -0.385. The second-order valence-electron chi connectivity index (χ2n) is 5.07. The highest BCUT2D eigenvalue weighted by Gasteiger charge is 2.21. The summed E-state index contributed by atoms with van der Waals surface area (Å²) in [5.41, 5.74) is -0.454. The monoisotopic (exact) mass is 328 g/mol. The molecule has 1 atom stereocenters. The van der Waals surface area contributed by atoms with Gasteiger partial charge in [-0.2, -0.15) is 0 Å². The number of esters is 1. The topological polar surface area (TPSA) is 102 Å². The third-order valence-electron chi connectivity index (χ3n) is 2.84. The number of aromatic hydroxyl groups is 1. The standard InChI is InChI=1S/C14H17ClN2O5/c1-8(2)4-11(14(19)22-3)16-7-9-5-10(15)6-12(13(9)18)17(20)21/h5-8,11,18H,4H2,1-3H3/t11-/m0/s1. The molecule has 0 aliphatic heterocycles. The number of methoxy groups -OCH3 is 1. The number of nitro groups is 1. The number of ether oxygens (including phenoxy) is 1. The number of phenols is 1. The van der Waals surface area contributed by atoms with E-state index in [2.05, 4.69) is 9.73 Å². The van der Waals surface area contributed by atoms with Gasteiger partial charge in [-0.1, -0.05) is 25.4 Å². The van der Waals surface area contributed by atoms with Gasteiger partial charge in [0, 0.05) is 22.9 Å². The van der Waals surface area contributed by atoms with Crippen LogP contribution in [0.2, 0.25) is 5.02 Å². The molecular formula is C14H17ClN2O5. The van der Waals surface area contributed by atoms with Gasteiger partial charge < -0.3 is 9.84 Å². The molecule has 1 N–H and O–H groups in total. The maximum Gasteiger partial charge on any atom is 0.330 e. The van der Waals surface area contributed by atoms with Crippen LogP contribution in [-0.2, 0) is 9.53 Å². The number of nitrogens with zero attached hydrogens (tertiary/aromatic N) is 2. The minimum absolute atomic E-state index is 0.0665. The first kappa shape index (κ1) is 17.9. The molecule has 7 nitrogen and oxygen atoms in total. The molecule has 22 heavy (non-hydrogen) atoms. The Morgan fingerprint density at radius 2 is 2.18 bits per heavy atom. The molecule has 0 aromatic heterocycles. The highest BCUT2D eigenvalue weighted by atomic mass is 35.5. The Kier molecular flexibility index (Phi) is 6.30. The summed E-state index contributed by atoms with van der Waals surface area (Å²) in [6, 6.07) is 1.62. The molecule has 0 aliphatic carbocycles. The number of halogens is 1. The fourth-order valence-electron chi connectivity index (χ4n) is 1.81. The van der Waals surface area contributed by atoms with Crippen molar-refractivity contribution in [2.75, 3.05) is 7.11 Å². The van der Waals surface area contributed by atoms with Gasteiger partial charge in [0.05, 0.1) is 12.0 Å². The number of rotatable bonds is 6. The molecule has 0 unspecified atom stereocenters. The van der Waals surface area contributed by atoms with Gasteiger partial charge in [0.1, 0.15) is 6.04 Å². The van der Waals surface area contributed by atoms with Crippen molar-refractivity contribution in [2.24, 2.45) is 10.9 Å². The van der Waals surface area contributed by atoms with Crippen LogP contribution in [-0.4, -0.2) is 35.4 Å². The van der Waals surface area contributed by atoms with Crippen LogP contribution >= 0.6 is 11.6 Å². The van der Waals surface area contributed by atoms with E-state index in [1.165, 1.54) is 19.4 Å². The first-order chi connectivity index (χ1) is 10.3. The van der Waals surface area contributed by atoms with Crippen LogP contribution in [0.3, 0.4) is 0 Å². The molecule has 0 radical (unpaired) electrons. The van der Waals surface area contributed by atoms with Gasteiger partial charge in [0.25, 0.3) is 0 Å². The Bertz CT molecular complexity index is 601. The molecule has 0 heterocycles. The van der Waals surface area contributed by atoms with Gasteiger partial charge in [-0.15, -0.1) is 0 Å². The molecular weight excluding hydrogens is 312 g/mol. The summed E-state index contributed by atoms with van der Waals surface area (Å²) >= 11 is 5.79. The van der Waals surface area contributed by atoms with E-state index >= 15 is 0 Å². The van der Waals surface area contributed by atoms with Crippen molar-refractivity contribution < 1.29 is 19.6 Å². The third kappa shape index (κ3) is 4.70. The van der Waals surface area contributed by atoms with E-state index in [1.54, 1.807) is 0 Å². The molecule has 0 saturated heterocycles. The molecule has 0 bridgehead atoms. The van der Waals surface area contributed by atoms with Crippen molar-refractivity contribution in [2.45, 2.75) is 26.3 Å². The minimum atomic E-state index is -0.748. The maximum atomic E-state index is 11.7. The average Bonchev–Trinajstić information content (AvgIpc) is 2.44. The molecule has 0 spiro atoms. The Hall–Kier alpha value is -2.15. The highest BCUT2D eigenvalue weighted by molar-refractivity contribution is 6.31. The minimum Gasteiger partial charge on any atom is -0.502 e.